The molecule has 6 heteroatoms. The van der Waals surface area contributed by atoms with E-state index in [0.717, 1.165) is 21.1 Å². The predicted molar refractivity (Wildman–Crippen MR) is 89.5 cm³/mol. The molecule has 1 amide bonds. The van der Waals surface area contributed by atoms with Crippen molar-refractivity contribution in [2.45, 2.75) is 18.6 Å². The molecular formula is C17H14BrN3O2. The number of hydrogen-bond donors (Lipinski definition) is 1. The summed E-state index contributed by atoms with van der Waals surface area (Å²) in [5, 5.41) is 0. The predicted octanol–water partition coefficient (Wildman–Crippen LogP) is 3.53. The van der Waals surface area contributed by atoms with Gasteiger partial charge >= 0.3 is 0 Å². The molecule has 0 bridgehead atoms. The Morgan fingerprint density at radius 3 is 2.78 bits per heavy atom. The van der Waals surface area contributed by atoms with E-state index in [1.807, 2.05) is 53.1 Å². The van der Waals surface area contributed by atoms with Gasteiger partial charge < -0.3 is 4.57 Å². The van der Waals surface area contributed by atoms with Crippen LogP contribution in [-0.4, -0.2) is 15.5 Å². The zero-order valence-electron chi connectivity index (χ0n) is 12.1. The van der Waals surface area contributed by atoms with Crippen LogP contribution >= 0.6 is 15.9 Å². The van der Waals surface area contributed by atoms with E-state index in [1.54, 1.807) is 6.33 Å². The summed E-state index contributed by atoms with van der Waals surface area (Å²) in [5.74, 6) is -0.151. The molecule has 2 atom stereocenters. The average Bonchev–Trinajstić information content (AvgIpc) is 3.00. The fourth-order valence-electron chi connectivity index (χ4n) is 2.90. The third-order valence-electron chi connectivity index (χ3n) is 4.10. The van der Waals surface area contributed by atoms with Crippen molar-refractivity contribution in [3.63, 3.8) is 0 Å². The summed E-state index contributed by atoms with van der Waals surface area (Å²) in [7, 11) is 0. The van der Waals surface area contributed by atoms with Crippen LogP contribution in [0.5, 0.6) is 0 Å². The van der Waals surface area contributed by atoms with Crippen LogP contribution in [0, 0.1) is 0 Å². The SMILES string of the molecule is O=C1NOC(c2ccc(Br)cc2)CC1n1cnc2ccccc21. The maximum Gasteiger partial charge on any atom is 0.266 e. The Labute approximate surface area is 141 Å². The number of amides is 1. The molecule has 0 spiro atoms. The van der Waals surface area contributed by atoms with Crippen molar-refractivity contribution in [1.29, 1.82) is 0 Å². The number of fused-ring (bicyclic) bond motifs is 1. The molecule has 116 valence electrons. The van der Waals surface area contributed by atoms with E-state index >= 15 is 0 Å². The van der Waals surface area contributed by atoms with Gasteiger partial charge in [0.15, 0.2) is 0 Å². The molecule has 2 aromatic carbocycles. The molecule has 4 rings (SSSR count). The number of nitrogens with zero attached hydrogens (tertiary/aromatic N) is 2. The van der Waals surface area contributed by atoms with Gasteiger partial charge in [-0.2, -0.15) is 0 Å². The number of hydrogen-bond acceptors (Lipinski definition) is 3. The summed E-state index contributed by atoms with van der Waals surface area (Å²) >= 11 is 3.43. The van der Waals surface area contributed by atoms with Gasteiger partial charge in [0.05, 0.1) is 17.4 Å². The first kappa shape index (κ1) is 14.4. The second kappa shape index (κ2) is 5.79. The average molecular weight is 372 g/mol. The lowest BCUT2D eigenvalue weighted by Crippen LogP contribution is -2.40. The maximum atomic E-state index is 12.3. The normalized spacial score (nSPS) is 21.3. The summed E-state index contributed by atoms with van der Waals surface area (Å²) in [6, 6.07) is 15.4. The largest absolute Gasteiger partial charge is 0.318 e. The fourth-order valence-corrected chi connectivity index (χ4v) is 3.17. The Hall–Kier alpha value is -2.18. The highest BCUT2D eigenvalue weighted by Crippen LogP contribution is 2.33. The smallest absolute Gasteiger partial charge is 0.266 e. The molecule has 3 aromatic rings. The van der Waals surface area contributed by atoms with E-state index in [9.17, 15) is 4.79 Å². The number of benzene rings is 2. The van der Waals surface area contributed by atoms with Crippen LogP contribution in [0.25, 0.3) is 11.0 Å². The van der Waals surface area contributed by atoms with Gasteiger partial charge in [0.25, 0.3) is 5.91 Å². The fraction of sp³-hybridized carbons (Fsp3) is 0.176. The second-order valence-electron chi connectivity index (χ2n) is 5.52. The quantitative estimate of drug-likeness (QED) is 0.749. The number of carbonyl (C=O) groups excluding carboxylic acids is 1. The second-order valence-corrected chi connectivity index (χ2v) is 6.43. The molecule has 2 heterocycles. The topological polar surface area (TPSA) is 56.1 Å². The van der Waals surface area contributed by atoms with Gasteiger partial charge in [0.1, 0.15) is 12.1 Å². The molecule has 1 aliphatic heterocycles. The molecule has 1 fully saturated rings. The van der Waals surface area contributed by atoms with Crippen molar-refractivity contribution in [2.24, 2.45) is 0 Å². The number of halogens is 1. The Morgan fingerprint density at radius 1 is 1.17 bits per heavy atom. The highest BCUT2D eigenvalue weighted by molar-refractivity contribution is 9.10. The van der Waals surface area contributed by atoms with Crippen molar-refractivity contribution >= 4 is 32.9 Å². The van der Waals surface area contributed by atoms with Gasteiger partial charge in [-0.3, -0.25) is 9.63 Å². The number of para-hydroxylation sites is 2. The van der Waals surface area contributed by atoms with Gasteiger partial charge in [0.2, 0.25) is 0 Å². The van der Waals surface area contributed by atoms with E-state index in [2.05, 4.69) is 26.4 Å². The number of aromatic nitrogens is 2. The van der Waals surface area contributed by atoms with Gasteiger partial charge in [-0.1, -0.05) is 40.2 Å². The summed E-state index contributed by atoms with van der Waals surface area (Å²) < 4.78 is 2.93. The first-order valence-corrected chi connectivity index (χ1v) is 8.14. The number of imidazole rings is 1. The molecule has 0 saturated carbocycles. The summed E-state index contributed by atoms with van der Waals surface area (Å²) in [4.78, 5) is 22.2. The molecule has 23 heavy (non-hydrogen) atoms. The van der Waals surface area contributed by atoms with Gasteiger partial charge in [0, 0.05) is 10.9 Å². The molecule has 0 aliphatic carbocycles. The van der Waals surface area contributed by atoms with Crippen LogP contribution < -0.4 is 5.48 Å². The first-order valence-electron chi connectivity index (χ1n) is 7.35. The van der Waals surface area contributed by atoms with Crippen LogP contribution in [0.4, 0.5) is 0 Å². The van der Waals surface area contributed by atoms with E-state index in [-0.39, 0.29) is 18.1 Å². The summed E-state index contributed by atoms with van der Waals surface area (Å²) in [5.41, 5.74) is 5.41. The number of hydroxylamine groups is 1. The van der Waals surface area contributed by atoms with Gasteiger partial charge in [-0.25, -0.2) is 10.5 Å². The molecular weight excluding hydrogens is 358 g/mol. The lowest BCUT2D eigenvalue weighted by atomic mass is 10.00. The van der Waals surface area contributed by atoms with Crippen LogP contribution in [0.3, 0.4) is 0 Å². The molecule has 1 saturated heterocycles. The third-order valence-corrected chi connectivity index (χ3v) is 4.63. The molecule has 2 unspecified atom stereocenters. The van der Waals surface area contributed by atoms with E-state index in [4.69, 9.17) is 4.84 Å². The molecule has 1 aliphatic rings. The lowest BCUT2D eigenvalue weighted by molar-refractivity contribution is -0.154. The monoisotopic (exact) mass is 371 g/mol. The van der Waals surface area contributed by atoms with Crippen molar-refractivity contribution in [2.75, 3.05) is 0 Å². The van der Waals surface area contributed by atoms with Crippen LogP contribution in [-0.2, 0) is 9.63 Å². The number of rotatable bonds is 2. The summed E-state index contributed by atoms with van der Waals surface area (Å²) in [6.45, 7) is 0. The van der Waals surface area contributed by atoms with Crippen LogP contribution in [0.2, 0.25) is 0 Å². The van der Waals surface area contributed by atoms with E-state index < -0.39 is 0 Å². The first-order chi connectivity index (χ1) is 11.2. The lowest BCUT2D eigenvalue weighted by Gasteiger charge is -2.30. The zero-order chi connectivity index (χ0) is 15.8. The van der Waals surface area contributed by atoms with Gasteiger partial charge in [-0.15, -0.1) is 0 Å². The summed E-state index contributed by atoms with van der Waals surface area (Å²) in [6.07, 6.45) is 2.10. The van der Waals surface area contributed by atoms with Gasteiger partial charge in [-0.05, 0) is 29.8 Å². The number of carbonyl (C=O) groups is 1. The van der Waals surface area contributed by atoms with Crippen LogP contribution in [0.1, 0.15) is 24.1 Å². The molecule has 1 aromatic heterocycles. The minimum absolute atomic E-state index is 0.151. The molecule has 1 N–H and O–H groups in total. The van der Waals surface area contributed by atoms with Crippen molar-refractivity contribution in [1.82, 2.24) is 15.0 Å². The molecule has 0 radical (unpaired) electrons. The zero-order valence-corrected chi connectivity index (χ0v) is 13.7. The Kier molecular flexibility index (Phi) is 3.63. The Morgan fingerprint density at radius 2 is 1.96 bits per heavy atom. The maximum absolute atomic E-state index is 12.3. The molecule has 5 nitrogen and oxygen atoms in total. The third kappa shape index (κ3) is 2.64. The number of nitrogens with one attached hydrogen (secondary N) is 1. The van der Waals surface area contributed by atoms with Crippen molar-refractivity contribution < 1.29 is 9.63 Å². The van der Waals surface area contributed by atoms with Crippen LogP contribution in [0.15, 0.2) is 59.3 Å². The highest BCUT2D eigenvalue weighted by Gasteiger charge is 2.32. The minimum Gasteiger partial charge on any atom is -0.318 e. The van der Waals surface area contributed by atoms with E-state index in [1.165, 1.54) is 0 Å². The standard InChI is InChI=1S/C17H14BrN3O2/c18-12-7-5-11(6-8-12)16-9-15(17(22)20-23-16)21-10-19-13-3-1-2-4-14(13)21/h1-8,10,15-16H,9H2,(H,20,22). The Balaban J connectivity index is 1.67. The van der Waals surface area contributed by atoms with E-state index in [0.29, 0.717) is 6.42 Å². The van der Waals surface area contributed by atoms with Crippen molar-refractivity contribution in [3.05, 3.63) is 64.9 Å². The van der Waals surface area contributed by atoms with Crippen molar-refractivity contribution in [3.8, 4) is 0 Å². The Bertz CT molecular complexity index is 860. The highest BCUT2D eigenvalue weighted by atomic mass is 79.9. The minimum atomic E-state index is -0.343.